The number of hydrogen-bond acceptors (Lipinski definition) is 6. The fraction of sp³-hybridized carbons (Fsp3) is 0.583. The zero-order valence-corrected chi connectivity index (χ0v) is 11.7. The van der Waals surface area contributed by atoms with Crippen LogP contribution >= 0.6 is 0 Å². The molecule has 2 rings (SSSR count). The summed E-state index contributed by atoms with van der Waals surface area (Å²) in [5.74, 6) is 0.647. The topological polar surface area (TPSA) is 90.0 Å². The number of H-pyrrole nitrogens is 1. The van der Waals surface area contributed by atoms with Gasteiger partial charge in [-0.1, -0.05) is 6.92 Å². The van der Waals surface area contributed by atoms with Gasteiger partial charge in [-0.15, -0.1) is 0 Å². The number of aromatic nitrogens is 4. The second-order valence-electron chi connectivity index (χ2n) is 4.46. The first-order valence-corrected chi connectivity index (χ1v) is 6.74. The number of aliphatic hydroxyl groups excluding tert-OH is 1. The van der Waals surface area contributed by atoms with E-state index in [9.17, 15) is 8.78 Å². The highest BCUT2D eigenvalue weighted by Gasteiger charge is 2.19. The molecule has 0 bridgehead atoms. The Morgan fingerprint density at radius 1 is 1.43 bits per heavy atom. The quantitative estimate of drug-likeness (QED) is 0.679. The molecule has 0 atom stereocenters. The summed E-state index contributed by atoms with van der Waals surface area (Å²) >= 11 is 0. The number of fused-ring (bicyclic) bond motifs is 1. The minimum atomic E-state index is -2.53. The SMILES string of the molecule is CCCNc1nc(N(CCO)CC(F)F)c2[nH]cnc2n1. The highest BCUT2D eigenvalue weighted by Crippen LogP contribution is 2.23. The molecule has 0 aliphatic rings. The molecule has 0 amide bonds. The molecule has 0 fully saturated rings. The smallest absolute Gasteiger partial charge is 0.255 e. The Labute approximate surface area is 120 Å². The zero-order valence-electron chi connectivity index (χ0n) is 11.7. The van der Waals surface area contributed by atoms with E-state index in [0.29, 0.717) is 29.5 Å². The molecule has 0 aromatic carbocycles. The average molecular weight is 300 g/mol. The molecule has 2 aromatic heterocycles. The van der Waals surface area contributed by atoms with Crippen LogP contribution in [0.4, 0.5) is 20.5 Å². The molecule has 21 heavy (non-hydrogen) atoms. The Morgan fingerprint density at radius 2 is 2.24 bits per heavy atom. The predicted molar refractivity (Wildman–Crippen MR) is 75.8 cm³/mol. The number of hydrogen-bond donors (Lipinski definition) is 3. The van der Waals surface area contributed by atoms with Gasteiger partial charge in [0.15, 0.2) is 11.5 Å². The molecule has 0 saturated carbocycles. The Kier molecular flexibility index (Phi) is 5.20. The Bertz CT molecular complexity index is 576. The third-order valence-electron chi connectivity index (χ3n) is 2.83. The van der Waals surface area contributed by atoms with E-state index < -0.39 is 13.0 Å². The number of anilines is 2. The summed E-state index contributed by atoms with van der Waals surface area (Å²) < 4.78 is 25.4. The van der Waals surface area contributed by atoms with E-state index >= 15 is 0 Å². The van der Waals surface area contributed by atoms with Crippen molar-refractivity contribution in [2.75, 3.05) is 36.5 Å². The van der Waals surface area contributed by atoms with Crippen molar-refractivity contribution in [3.63, 3.8) is 0 Å². The number of nitrogens with one attached hydrogen (secondary N) is 2. The summed E-state index contributed by atoms with van der Waals surface area (Å²) in [6, 6.07) is 0. The molecule has 0 spiro atoms. The van der Waals surface area contributed by atoms with Gasteiger partial charge >= 0.3 is 0 Å². The first-order chi connectivity index (χ1) is 10.2. The number of aliphatic hydroxyl groups is 1. The molecule has 2 aromatic rings. The van der Waals surface area contributed by atoms with Gasteiger partial charge in [0.05, 0.1) is 19.5 Å². The number of halogens is 2. The minimum Gasteiger partial charge on any atom is -0.395 e. The van der Waals surface area contributed by atoms with Crippen molar-refractivity contribution in [2.24, 2.45) is 0 Å². The van der Waals surface area contributed by atoms with Gasteiger partial charge in [0.1, 0.15) is 5.52 Å². The van der Waals surface area contributed by atoms with Crippen LogP contribution in [-0.2, 0) is 0 Å². The highest BCUT2D eigenvalue weighted by atomic mass is 19.3. The van der Waals surface area contributed by atoms with Gasteiger partial charge in [0.25, 0.3) is 6.43 Å². The first kappa shape index (κ1) is 15.4. The van der Waals surface area contributed by atoms with E-state index in [1.807, 2.05) is 6.92 Å². The van der Waals surface area contributed by atoms with Gasteiger partial charge < -0.3 is 20.3 Å². The maximum atomic E-state index is 12.7. The van der Waals surface area contributed by atoms with Crippen LogP contribution in [0, 0.1) is 0 Å². The molecule has 0 unspecified atom stereocenters. The van der Waals surface area contributed by atoms with Gasteiger partial charge in [-0.25, -0.2) is 13.8 Å². The summed E-state index contributed by atoms with van der Waals surface area (Å²) in [5, 5.41) is 12.1. The fourth-order valence-electron chi connectivity index (χ4n) is 1.93. The molecule has 9 heteroatoms. The lowest BCUT2D eigenvalue weighted by molar-refractivity contribution is 0.152. The van der Waals surface area contributed by atoms with Crippen molar-refractivity contribution in [2.45, 2.75) is 19.8 Å². The molecule has 0 radical (unpaired) electrons. The third kappa shape index (κ3) is 3.75. The normalized spacial score (nSPS) is 11.3. The van der Waals surface area contributed by atoms with E-state index in [4.69, 9.17) is 5.11 Å². The Balaban J connectivity index is 2.39. The number of imidazole rings is 1. The van der Waals surface area contributed by atoms with Crippen LogP contribution < -0.4 is 10.2 Å². The van der Waals surface area contributed by atoms with Crippen LogP contribution in [-0.4, -0.2) is 57.7 Å². The number of nitrogens with zero attached hydrogens (tertiary/aromatic N) is 4. The summed E-state index contributed by atoms with van der Waals surface area (Å²) in [7, 11) is 0. The number of alkyl halides is 2. The summed E-state index contributed by atoms with van der Waals surface area (Å²) in [6.07, 6.45) is -0.211. The first-order valence-electron chi connectivity index (χ1n) is 6.74. The fourth-order valence-corrected chi connectivity index (χ4v) is 1.93. The predicted octanol–water partition coefficient (Wildman–Crippen LogP) is 1.24. The van der Waals surface area contributed by atoms with Crippen LogP contribution in [0.1, 0.15) is 13.3 Å². The maximum Gasteiger partial charge on any atom is 0.255 e. The standard InChI is InChI=1S/C12H18F2N6O/c1-2-3-15-12-18-10-9(16-7-17-10)11(19-12)20(4-5-21)6-8(13)14/h7-8,21H,2-6H2,1H3,(H2,15,16,17,18,19). The minimum absolute atomic E-state index is 0.0582. The lowest BCUT2D eigenvalue weighted by Gasteiger charge is -2.23. The van der Waals surface area contributed by atoms with Gasteiger partial charge in [-0.3, -0.25) is 0 Å². The van der Waals surface area contributed by atoms with E-state index in [-0.39, 0.29) is 13.2 Å². The lowest BCUT2D eigenvalue weighted by atomic mass is 10.4. The molecule has 7 nitrogen and oxygen atoms in total. The molecule has 116 valence electrons. The molecule has 3 N–H and O–H groups in total. The highest BCUT2D eigenvalue weighted by molar-refractivity contribution is 5.84. The zero-order chi connectivity index (χ0) is 15.2. The van der Waals surface area contributed by atoms with E-state index in [1.165, 1.54) is 11.2 Å². The van der Waals surface area contributed by atoms with Crippen molar-refractivity contribution < 1.29 is 13.9 Å². The summed E-state index contributed by atoms with van der Waals surface area (Å²) in [5.41, 5.74) is 0.877. The van der Waals surface area contributed by atoms with E-state index in [2.05, 4.69) is 25.3 Å². The van der Waals surface area contributed by atoms with Crippen LogP contribution in [0.15, 0.2) is 6.33 Å². The van der Waals surface area contributed by atoms with E-state index in [1.54, 1.807) is 0 Å². The van der Waals surface area contributed by atoms with Crippen molar-refractivity contribution in [1.82, 2.24) is 19.9 Å². The van der Waals surface area contributed by atoms with Crippen LogP contribution in [0.25, 0.3) is 11.2 Å². The molecular weight excluding hydrogens is 282 g/mol. The third-order valence-corrected chi connectivity index (χ3v) is 2.83. The van der Waals surface area contributed by atoms with Gasteiger partial charge in [-0.2, -0.15) is 9.97 Å². The Morgan fingerprint density at radius 3 is 2.90 bits per heavy atom. The lowest BCUT2D eigenvalue weighted by Crippen LogP contribution is -2.32. The second kappa shape index (κ2) is 7.11. The van der Waals surface area contributed by atoms with Crippen molar-refractivity contribution in [3.05, 3.63) is 6.33 Å². The van der Waals surface area contributed by atoms with Crippen LogP contribution in [0.5, 0.6) is 0 Å². The Hall–Kier alpha value is -2.03. The molecule has 0 aliphatic carbocycles. The molecule has 0 aliphatic heterocycles. The maximum absolute atomic E-state index is 12.7. The van der Waals surface area contributed by atoms with Crippen LogP contribution in [0.3, 0.4) is 0 Å². The summed E-state index contributed by atoms with van der Waals surface area (Å²) in [4.78, 5) is 16.7. The van der Waals surface area contributed by atoms with Gasteiger partial charge in [0, 0.05) is 13.1 Å². The second-order valence-corrected chi connectivity index (χ2v) is 4.46. The monoisotopic (exact) mass is 300 g/mol. The van der Waals surface area contributed by atoms with E-state index in [0.717, 1.165) is 6.42 Å². The van der Waals surface area contributed by atoms with Gasteiger partial charge in [-0.05, 0) is 6.42 Å². The van der Waals surface area contributed by atoms with Crippen molar-refractivity contribution in [1.29, 1.82) is 0 Å². The van der Waals surface area contributed by atoms with Gasteiger partial charge in [0.2, 0.25) is 5.95 Å². The summed E-state index contributed by atoms with van der Waals surface area (Å²) in [6.45, 7) is 1.96. The molecular formula is C12H18F2N6O. The number of rotatable bonds is 8. The van der Waals surface area contributed by atoms with Crippen molar-refractivity contribution >= 4 is 22.9 Å². The number of aromatic amines is 1. The largest absolute Gasteiger partial charge is 0.395 e. The molecule has 0 saturated heterocycles. The average Bonchev–Trinajstić information content (AvgIpc) is 2.91. The van der Waals surface area contributed by atoms with Crippen LogP contribution in [0.2, 0.25) is 0 Å². The van der Waals surface area contributed by atoms with Crippen molar-refractivity contribution in [3.8, 4) is 0 Å². The molecule has 2 heterocycles.